The van der Waals surface area contributed by atoms with Crippen LogP contribution in [-0.4, -0.2) is 0 Å². The lowest BCUT2D eigenvalue weighted by molar-refractivity contribution is 0.0122. The molecule has 0 aromatic carbocycles. The van der Waals surface area contributed by atoms with E-state index in [1.807, 2.05) is 0 Å². The van der Waals surface area contributed by atoms with Gasteiger partial charge in [0.2, 0.25) is 0 Å². The molecule has 2 nitrogen and oxygen atoms in total. The quantitative estimate of drug-likeness (QED) is 0.690. The molecule has 80 valence electrons. The molecule has 0 saturated heterocycles. The van der Waals surface area contributed by atoms with E-state index in [0.29, 0.717) is 24.7 Å². The van der Waals surface area contributed by atoms with Crippen LogP contribution < -0.4 is 0 Å². The van der Waals surface area contributed by atoms with Gasteiger partial charge in [0.05, 0.1) is 12.1 Å². The number of hydrogen-bond acceptors (Lipinski definition) is 2. The summed E-state index contributed by atoms with van der Waals surface area (Å²) in [5.74, 6) is 1.36. The Morgan fingerprint density at radius 2 is 1.40 bits per heavy atom. The lowest BCUT2D eigenvalue weighted by Gasteiger charge is -2.47. The minimum Gasteiger partial charge on any atom is -0.198 e. The molecule has 2 fully saturated rings. The highest BCUT2D eigenvalue weighted by molar-refractivity contribution is 5.14. The van der Waals surface area contributed by atoms with Gasteiger partial charge >= 0.3 is 0 Å². The van der Waals surface area contributed by atoms with Gasteiger partial charge in [-0.1, -0.05) is 13.8 Å². The van der Waals surface area contributed by atoms with E-state index >= 15 is 0 Å². The van der Waals surface area contributed by atoms with Crippen molar-refractivity contribution in [2.75, 3.05) is 0 Å². The Morgan fingerprint density at radius 3 is 1.73 bits per heavy atom. The molecule has 0 aliphatic heterocycles. The maximum absolute atomic E-state index is 8.99. The van der Waals surface area contributed by atoms with Gasteiger partial charge in [0, 0.05) is 12.8 Å². The Hall–Kier alpha value is -1.02. The average molecular weight is 202 g/mol. The summed E-state index contributed by atoms with van der Waals surface area (Å²) in [5.41, 5.74) is 0.167. The zero-order valence-electron chi connectivity index (χ0n) is 9.58. The number of nitriles is 2. The lowest BCUT2D eigenvalue weighted by Crippen LogP contribution is -2.42. The van der Waals surface area contributed by atoms with Gasteiger partial charge in [-0.15, -0.1) is 0 Å². The van der Waals surface area contributed by atoms with E-state index < -0.39 is 0 Å². The highest BCUT2D eigenvalue weighted by atomic mass is 14.7. The number of fused-ring (bicyclic) bond motifs is 2. The van der Waals surface area contributed by atoms with Crippen molar-refractivity contribution in [2.45, 2.75) is 46.0 Å². The standard InChI is InChI=1S/C13H18N2/c1-12(5-7-14)10-3-4-11(9-10)13(12,2)6-8-15/h10-11H,3-6,9H2,1-2H3/t10-,11+,12-,13+. The molecule has 0 spiro atoms. The first-order valence-corrected chi connectivity index (χ1v) is 5.82. The van der Waals surface area contributed by atoms with E-state index in [9.17, 15) is 0 Å². The Balaban J connectivity index is 2.36. The zero-order chi connectivity index (χ0) is 11.1. The molecule has 2 aliphatic carbocycles. The van der Waals surface area contributed by atoms with Gasteiger partial charge in [0.25, 0.3) is 0 Å². The predicted octanol–water partition coefficient (Wildman–Crippen LogP) is 3.26. The van der Waals surface area contributed by atoms with E-state index in [1.165, 1.54) is 19.3 Å². The summed E-state index contributed by atoms with van der Waals surface area (Å²) in [7, 11) is 0. The van der Waals surface area contributed by atoms with E-state index in [-0.39, 0.29) is 10.8 Å². The Morgan fingerprint density at radius 1 is 1.00 bits per heavy atom. The molecule has 2 bridgehead atoms. The summed E-state index contributed by atoms with van der Waals surface area (Å²) < 4.78 is 0. The molecule has 0 amide bonds. The summed E-state index contributed by atoms with van der Waals surface area (Å²) >= 11 is 0. The van der Waals surface area contributed by atoms with Crippen LogP contribution in [0.25, 0.3) is 0 Å². The largest absolute Gasteiger partial charge is 0.198 e. The van der Waals surface area contributed by atoms with Crippen LogP contribution in [0.1, 0.15) is 46.0 Å². The third-order valence-corrected chi connectivity index (χ3v) is 5.43. The summed E-state index contributed by atoms with van der Waals surface area (Å²) in [6.45, 7) is 4.47. The molecule has 0 heterocycles. The molecule has 0 aromatic heterocycles. The van der Waals surface area contributed by atoms with Crippen LogP contribution in [0, 0.1) is 45.3 Å². The molecule has 0 N–H and O–H groups in total. The summed E-state index contributed by atoms with van der Waals surface area (Å²) in [6.07, 6.45) is 5.02. The lowest BCUT2D eigenvalue weighted by atomic mass is 9.55. The maximum Gasteiger partial charge on any atom is 0.0627 e. The molecule has 15 heavy (non-hydrogen) atoms. The molecular formula is C13H18N2. The van der Waals surface area contributed by atoms with Crippen LogP contribution in [0.5, 0.6) is 0 Å². The van der Waals surface area contributed by atoms with Crippen LogP contribution in [0.3, 0.4) is 0 Å². The van der Waals surface area contributed by atoms with Crippen molar-refractivity contribution in [1.82, 2.24) is 0 Å². The highest BCUT2D eigenvalue weighted by Gasteiger charge is 2.61. The monoisotopic (exact) mass is 202 g/mol. The third kappa shape index (κ3) is 1.14. The molecular weight excluding hydrogens is 184 g/mol. The fraction of sp³-hybridized carbons (Fsp3) is 0.846. The molecule has 2 aliphatic rings. The first-order valence-electron chi connectivity index (χ1n) is 5.82. The van der Waals surface area contributed by atoms with Gasteiger partial charge in [-0.25, -0.2) is 0 Å². The van der Waals surface area contributed by atoms with Crippen molar-refractivity contribution in [3.63, 3.8) is 0 Å². The second-order valence-electron chi connectivity index (χ2n) is 5.71. The van der Waals surface area contributed by atoms with Crippen LogP contribution >= 0.6 is 0 Å². The van der Waals surface area contributed by atoms with E-state index in [2.05, 4.69) is 26.0 Å². The van der Waals surface area contributed by atoms with Gasteiger partial charge in [-0.3, -0.25) is 0 Å². The second-order valence-corrected chi connectivity index (χ2v) is 5.71. The van der Waals surface area contributed by atoms with E-state index in [0.717, 1.165) is 0 Å². The van der Waals surface area contributed by atoms with Crippen molar-refractivity contribution < 1.29 is 0 Å². The molecule has 2 rings (SSSR count). The molecule has 4 atom stereocenters. The molecule has 0 radical (unpaired) electrons. The van der Waals surface area contributed by atoms with Crippen LogP contribution in [0.2, 0.25) is 0 Å². The maximum atomic E-state index is 8.99. The third-order valence-electron chi connectivity index (χ3n) is 5.43. The Kier molecular flexibility index (Phi) is 2.27. The van der Waals surface area contributed by atoms with Crippen molar-refractivity contribution in [1.29, 1.82) is 10.5 Å². The molecule has 2 heteroatoms. The second kappa shape index (κ2) is 3.24. The van der Waals surface area contributed by atoms with Gasteiger partial charge in [-0.2, -0.15) is 10.5 Å². The van der Waals surface area contributed by atoms with E-state index in [4.69, 9.17) is 10.5 Å². The fourth-order valence-corrected chi connectivity index (χ4v) is 4.09. The summed E-state index contributed by atoms with van der Waals surface area (Å²) in [4.78, 5) is 0. The average Bonchev–Trinajstić information content (AvgIpc) is 2.72. The zero-order valence-corrected chi connectivity index (χ0v) is 9.58. The van der Waals surface area contributed by atoms with Gasteiger partial charge < -0.3 is 0 Å². The summed E-state index contributed by atoms with van der Waals surface area (Å²) in [6, 6.07) is 4.68. The van der Waals surface area contributed by atoms with Crippen molar-refractivity contribution >= 4 is 0 Å². The van der Waals surface area contributed by atoms with Gasteiger partial charge in [0.1, 0.15) is 0 Å². The van der Waals surface area contributed by atoms with Crippen LogP contribution in [0.4, 0.5) is 0 Å². The predicted molar refractivity (Wildman–Crippen MR) is 57.5 cm³/mol. The van der Waals surface area contributed by atoms with E-state index in [1.54, 1.807) is 0 Å². The van der Waals surface area contributed by atoms with Crippen molar-refractivity contribution in [2.24, 2.45) is 22.7 Å². The molecule has 2 saturated carbocycles. The van der Waals surface area contributed by atoms with Crippen molar-refractivity contribution in [3.8, 4) is 12.1 Å². The van der Waals surface area contributed by atoms with Gasteiger partial charge in [-0.05, 0) is 41.9 Å². The Labute approximate surface area is 91.9 Å². The minimum absolute atomic E-state index is 0.0837. The minimum atomic E-state index is 0.0837. The van der Waals surface area contributed by atoms with Gasteiger partial charge in [0.15, 0.2) is 0 Å². The smallest absolute Gasteiger partial charge is 0.0627 e. The van der Waals surface area contributed by atoms with Crippen LogP contribution in [-0.2, 0) is 0 Å². The molecule has 0 aromatic rings. The highest BCUT2D eigenvalue weighted by Crippen LogP contribution is 2.68. The van der Waals surface area contributed by atoms with Crippen molar-refractivity contribution in [3.05, 3.63) is 0 Å². The van der Waals surface area contributed by atoms with Crippen LogP contribution in [0.15, 0.2) is 0 Å². The first kappa shape index (κ1) is 10.5. The molecule has 0 unspecified atom stereocenters. The normalized spacial score (nSPS) is 47.5. The number of hydrogen-bond donors (Lipinski definition) is 0. The number of rotatable bonds is 2. The topological polar surface area (TPSA) is 47.6 Å². The number of nitrogens with zero attached hydrogens (tertiary/aromatic N) is 2. The summed E-state index contributed by atoms with van der Waals surface area (Å²) in [5, 5.41) is 18.0. The Bertz CT molecular complexity index is 315. The first-order chi connectivity index (χ1) is 7.08. The SMILES string of the molecule is C[C@]1(CC#N)[C@H]2CC[C@H](C2)[C@@]1(C)CC#N. The fourth-order valence-electron chi connectivity index (χ4n) is 4.09.